The number of benzene rings is 2. The average molecular weight is 539 g/mol. The minimum Gasteiger partial charge on any atom is -0.371 e. The lowest BCUT2D eigenvalue weighted by Crippen LogP contribution is -2.37. The Kier molecular flexibility index (Phi) is 9.22. The van der Waals surface area contributed by atoms with E-state index in [0.717, 1.165) is 50.9 Å². The van der Waals surface area contributed by atoms with Crippen molar-refractivity contribution >= 4 is 32.5 Å². The van der Waals surface area contributed by atoms with Crippen molar-refractivity contribution < 1.29 is 13.2 Å². The second-order valence-corrected chi connectivity index (χ2v) is 12.0. The van der Waals surface area contributed by atoms with Crippen LogP contribution in [-0.2, 0) is 10.0 Å². The average Bonchev–Trinajstić information content (AvgIpc) is 2.93. The number of hydrogen-bond acceptors (Lipinski definition) is 5. The summed E-state index contributed by atoms with van der Waals surface area (Å²) >= 11 is 0. The summed E-state index contributed by atoms with van der Waals surface area (Å²) in [5.74, 6) is 0.0333. The minimum absolute atomic E-state index is 0.0234. The van der Waals surface area contributed by atoms with Crippen molar-refractivity contribution in [1.82, 2.24) is 14.6 Å². The van der Waals surface area contributed by atoms with Crippen molar-refractivity contribution in [2.24, 2.45) is 5.92 Å². The number of rotatable bonds is 11. The molecule has 4 rings (SSSR count). The lowest BCUT2D eigenvalue weighted by Gasteiger charge is -2.29. The van der Waals surface area contributed by atoms with Gasteiger partial charge in [-0.05, 0) is 61.9 Å². The number of anilines is 1. The highest BCUT2D eigenvalue weighted by molar-refractivity contribution is 7.89. The summed E-state index contributed by atoms with van der Waals surface area (Å²) in [4.78, 5) is 31.5. The fourth-order valence-electron chi connectivity index (χ4n) is 4.83. The molecular weight excluding hydrogens is 500 g/mol. The quantitative estimate of drug-likeness (QED) is 0.353. The lowest BCUT2D eigenvalue weighted by atomic mass is 10.0. The SMILES string of the molecule is CCCCN(CCCNC(=O)c1c[nH]c2ccc(S(=O)(=O)N3CCC(C)CC3)cc2c1=O)c1ccccc1. The molecule has 1 aliphatic rings. The molecule has 8 nitrogen and oxygen atoms in total. The van der Waals surface area contributed by atoms with E-state index in [0.29, 0.717) is 31.1 Å². The van der Waals surface area contributed by atoms with E-state index in [1.807, 2.05) is 18.2 Å². The third-order valence-corrected chi connectivity index (χ3v) is 9.17. The summed E-state index contributed by atoms with van der Waals surface area (Å²) in [5.41, 5.74) is 1.15. The van der Waals surface area contributed by atoms with Crippen LogP contribution in [0, 0.1) is 5.92 Å². The number of pyridine rings is 1. The van der Waals surface area contributed by atoms with E-state index in [2.05, 4.69) is 41.2 Å². The zero-order valence-corrected chi connectivity index (χ0v) is 23.1. The van der Waals surface area contributed by atoms with Crippen molar-refractivity contribution in [1.29, 1.82) is 0 Å². The van der Waals surface area contributed by atoms with Crippen molar-refractivity contribution in [3.05, 3.63) is 70.5 Å². The van der Waals surface area contributed by atoms with Gasteiger partial charge in [-0.25, -0.2) is 8.42 Å². The molecule has 2 N–H and O–H groups in total. The number of para-hydroxylation sites is 1. The van der Waals surface area contributed by atoms with Crippen LogP contribution in [-0.4, -0.2) is 56.3 Å². The monoisotopic (exact) mass is 538 g/mol. The molecule has 0 atom stereocenters. The first-order valence-electron chi connectivity index (χ1n) is 13.5. The van der Waals surface area contributed by atoms with E-state index in [1.54, 1.807) is 6.07 Å². The van der Waals surface area contributed by atoms with Crippen LogP contribution in [0.5, 0.6) is 0 Å². The summed E-state index contributed by atoms with van der Waals surface area (Å²) in [5, 5.41) is 3.05. The van der Waals surface area contributed by atoms with Crippen molar-refractivity contribution in [2.45, 2.75) is 50.8 Å². The van der Waals surface area contributed by atoms with Crippen LogP contribution >= 0.6 is 0 Å². The van der Waals surface area contributed by atoms with Crippen LogP contribution in [0.2, 0.25) is 0 Å². The third-order valence-electron chi connectivity index (χ3n) is 7.27. The number of fused-ring (bicyclic) bond motifs is 1. The molecule has 9 heteroatoms. The Bertz CT molecular complexity index is 1400. The zero-order chi connectivity index (χ0) is 27.1. The molecule has 204 valence electrons. The normalized spacial score (nSPS) is 15.0. The zero-order valence-electron chi connectivity index (χ0n) is 22.3. The standard InChI is InChI=1S/C29H38N4O4S/c1-3-4-16-32(23-9-6-5-7-10-23)17-8-15-30-29(35)26-21-31-27-12-11-24(20-25(27)28(26)34)38(36,37)33-18-13-22(2)14-19-33/h5-7,9-12,20-22H,3-4,8,13-19H2,1-2H3,(H,30,35)(H,31,34). The van der Waals surface area contributed by atoms with Gasteiger partial charge in [0.1, 0.15) is 5.56 Å². The van der Waals surface area contributed by atoms with Crippen LogP contribution in [0.15, 0.2) is 64.4 Å². The van der Waals surface area contributed by atoms with Crippen LogP contribution in [0.1, 0.15) is 56.3 Å². The molecule has 38 heavy (non-hydrogen) atoms. The number of sulfonamides is 1. The van der Waals surface area contributed by atoms with E-state index in [9.17, 15) is 18.0 Å². The van der Waals surface area contributed by atoms with Gasteiger partial charge in [-0.15, -0.1) is 0 Å². The van der Waals surface area contributed by atoms with E-state index < -0.39 is 21.4 Å². The fraction of sp³-hybridized carbons (Fsp3) is 0.448. The van der Waals surface area contributed by atoms with Crippen LogP contribution < -0.4 is 15.6 Å². The molecular formula is C29H38N4O4S. The molecule has 0 spiro atoms. The highest BCUT2D eigenvalue weighted by Gasteiger charge is 2.28. The van der Waals surface area contributed by atoms with Crippen molar-refractivity contribution in [3.8, 4) is 0 Å². The molecule has 0 unspecified atom stereocenters. The number of unbranched alkanes of at least 4 members (excludes halogenated alkanes) is 1. The number of nitrogens with one attached hydrogen (secondary N) is 2. The first kappa shape index (κ1) is 27.9. The van der Waals surface area contributed by atoms with E-state index in [4.69, 9.17) is 0 Å². The molecule has 2 heterocycles. The van der Waals surface area contributed by atoms with Gasteiger partial charge in [0.25, 0.3) is 5.91 Å². The smallest absolute Gasteiger partial charge is 0.256 e. The van der Waals surface area contributed by atoms with Gasteiger partial charge >= 0.3 is 0 Å². The second-order valence-electron chi connectivity index (χ2n) is 10.1. The van der Waals surface area contributed by atoms with E-state index in [-0.39, 0.29) is 15.8 Å². The Labute approximate surface area is 225 Å². The third kappa shape index (κ3) is 6.45. The van der Waals surface area contributed by atoms with Gasteiger partial charge in [-0.3, -0.25) is 9.59 Å². The molecule has 0 bridgehead atoms. The van der Waals surface area contributed by atoms with Crippen LogP contribution in [0.4, 0.5) is 5.69 Å². The second kappa shape index (κ2) is 12.6. The molecule has 1 aromatic heterocycles. The maximum Gasteiger partial charge on any atom is 0.256 e. The summed E-state index contributed by atoms with van der Waals surface area (Å²) in [6.45, 7) is 7.39. The first-order valence-corrected chi connectivity index (χ1v) is 15.0. The molecule has 1 fully saturated rings. The maximum absolute atomic E-state index is 13.2. The molecule has 1 saturated heterocycles. The minimum atomic E-state index is -3.71. The highest BCUT2D eigenvalue weighted by atomic mass is 32.2. The van der Waals surface area contributed by atoms with Crippen molar-refractivity contribution in [3.63, 3.8) is 0 Å². The molecule has 3 aromatic rings. The van der Waals surface area contributed by atoms with E-state index in [1.165, 1.54) is 22.6 Å². The van der Waals surface area contributed by atoms with Crippen LogP contribution in [0.3, 0.4) is 0 Å². The Balaban J connectivity index is 1.44. The lowest BCUT2D eigenvalue weighted by molar-refractivity contribution is 0.0952. The molecule has 0 saturated carbocycles. The van der Waals surface area contributed by atoms with Gasteiger partial charge in [0.15, 0.2) is 0 Å². The summed E-state index contributed by atoms with van der Waals surface area (Å²) in [7, 11) is -3.71. The number of nitrogens with zero attached hydrogens (tertiary/aromatic N) is 2. The Hall–Kier alpha value is -3.17. The van der Waals surface area contributed by atoms with E-state index >= 15 is 0 Å². The number of piperidine rings is 1. The number of aromatic amines is 1. The summed E-state index contributed by atoms with van der Waals surface area (Å²) < 4.78 is 27.9. The number of hydrogen-bond donors (Lipinski definition) is 2. The van der Waals surface area contributed by atoms with Gasteiger partial charge < -0.3 is 15.2 Å². The van der Waals surface area contributed by atoms with Crippen molar-refractivity contribution in [2.75, 3.05) is 37.6 Å². The van der Waals surface area contributed by atoms with Gasteiger partial charge in [0.2, 0.25) is 15.5 Å². The molecule has 1 aliphatic heterocycles. The Morgan fingerprint density at radius 1 is 1.08 bits per heavy atom. The molecule has 0 aliphatic carbocycles. The fourth-order valence-corrected chi connectivity index (χ4v) is 6.32. The molecule has 1 amide bonds. The maximum atomic E-state index is 13.2. The summed E-state index contributed by atoms with van der Waals surface area (Å²) in [6.07, 6.45) is 5.95. The van der Waals surface area contributed by atoms with Crippen LogP contribution in [0.25, 0.3) is 10.9 Å². The topological polar surface area (TPSA) is 103 Å². The van der Waals surface area contributed by atoms with Gasteiger partial charge in [-0.2, -0.15) is 4.31 Å². The Morgan fingerprint density at radius 2 is 1.79 bits per heavy atom. The van der Waals surface area contributed by atoms with Gasteiger partial charge in [-0.1, -0.05) is 38.5 Å². The number of amides is 1. The number of carbonyl (C=O) groups is 1. The highest BCUT2D eigenvalue weighted by Crippen LogP contribution is 2.25. The number of aromatic nitrogens is 1. The predicted octanol–water partition coefficient (Wildman–Crippen LogP) is 4.38. The Morgan fingerprint density at radius 3 is 2.50 bits per heavy atom. The number of carbonyl (C=O) groups excluding carboxylic acids is 1. The summed E-state index contributed by atoms with van der Waals surface area (Å²) in [6, 6.07) is 14.7. The van der Waals surface area contributed by atoms with Gasteiger partial charge in [0.05, 0.1) is 4.90 Å². The van der Waals surface area contributed by atoms with Gasteiger partial charge in [0, 0.05) is 55.5 Å². The predicted molar refractivity (Wildman–Crippen MR) is 152 cm³/mol. The molecule has 0 radical (unpaired) electrons. The number of H-pyrrole nitrogens is 1. The largest absolute Gasteiger partial charge is 0.371 e. The molecule has 2 aromatic carbocycles. The first-order chi connectivity index (χ1) is 18.3.